The van der Waals surface area contributed by atoms with E-state index in [2.05, 4.69) is 20.6 Å². The number of β-amino-alcohol motifs (C(OH)–C–C–N with tert-alkyl or cyclic N) is 1. The van der Waals surface area contributed by atoms with Gasteiger partial charge in [0.15, 0.2) is 0 Å². The number of hydrogen-bond acceptors (Lipinski definition) is 7. The molecule has 2 amide bonds. The van der Waals surface area contributed by atoms with Gasteiger partial charge in [-0.15, -0.1) is 5.10 Å². The highest BCUT2D eigenvalue weighted by atomic mass is 16.5. The van der Waals surface area contributed by atoms with Crippen LogP contribution in [0.15, 0.2) is 24.5 Å². The van der Waals surface area contributed by atoms with Gasteiger partial charge in [-0.3, -0.25) is 9.59 Å². The lowest BCUT2D eigenvalue weighted by Gasteiger charge is -2.34. The normalized spacial score (nSPS) is 20.1. The van der Waals surface area contributed by atoms with Crippen LogP contribution in [0.25, 0.3) is 11.3 Å². The van der Waals surface area contributed by atoms with Gasteiger partial charge in [0.1, 0.15) is 17.8 Å². The van der Waals surface area contributed by atoms with Crippen LogP contribution in [0, 0.1) is 5.41 Å². The number of carbonyl (C=O) groups is 2. The standard InChI is InChI=1S/C20H28N6O4/c1-20(2,3)16(19(29)25-10-12(27)9-15(25)17(28)21-4)26-11-14(23-24-26)13-7-6-8-22-18(13)30-5/h6-8,11-12,15-16,27H,9-10H2,1-5H3,(H,21,28)/t12?,15-,16?/m1/s1. The first kappa shape index (κ1) is 21.7. The van der Waals surface area contributed by atoms with Crippen molar-refractivity contribution in [2.45, 2.75) is 45.4 Å². The Kier molecular flexibility index (Phi) is 6.06. The number of aromatic nitrogens is 4. The number of ether oxygens (including phenoxy) is 1. The van der Waals surface area contributed by atoms with Crippen molar-refractivity contribution in [1.29, 1.82) is 0 Å². The van der Waals surface area contributed by atoms with Crippen LogP contribution in [0.1, 0.15) is 33.2 Å². The summed E-state index contributed by atoms with van der Waals surface area (Å²) < 4.78 is 6.80. The maximum atomic E-state index is 13.5. The number of methoxy groups -OCH3 is 1. The van der Waals surface area contributed by atoms with Crippen molar-refractivity contribution >= 4 is 11.8 Å². The van der Waals surface area contributed by atoms with E-state index in [1.54, 1.807) is 18.5 Å². The van der Waals surface area contributed by atoms with Gasteiger partial charge in [0.05, 0.1) is 25.0 Å². The molecular formula is C20H28N6O4. The molecule has 2 aromatic heterocycles. The molecule has 0 saturated carbocycles. The van der Waals surface area contributed by atoms with Gasteiger partial charge in [-0.1, -0.05) is 26.0 Å². The van der Waals surface area contributed by atoms with Gasteiger partial charge in [0.25, 0.3) is 0 Å². The van der Waals surface area contributed by atoms with E-state index in [-0.39, 0.29) is 24.8 Å². The highest BCUT2D eigenvalue weighted by molar-refractivity contribution is 5.90. The number of aliphatic hydroxyl groups excluding tert-OH is 1. The Bertz CT molecular complexity index is 922. The number of hydrogen-bond donors (Lipinski definition) is 2. The Balaban J connectivity index is 1.97. The fourth-order valence-corrected chi connectivity index (χ4v) is 3.78. The molecule has 1 fully saturated rings. The first-order valence-electron chi connectivity index (χ1n) is 9.78. The molecular weight excluding hydrogens is 388 g/mol. The minimum Gasteiger partial charge on any atom is -0.481 e. The smallest absolute Gasteiger partial charge is 0.248 e. The van der Waals surface area contributed by atoms with Crippen molar-refractivity contribution < 1.29 is 19.4 Å². The van der Waals surface area contributed by atoms with Crippen LogP contribution in [0.4, 0.5) is 0 Å². The number of likely N-dealkylation sites (tertiary alicyclic amines) is 1. The number of carbonyl (C=O) groups excluding carboxylic acids is 2. The van der Waals surface area contributed by atoms with Crippen molar-refractivity contribution in [3.8, 4) is 17.1 Å². The second kappa shape index (κ2) is 8.39. The first-order valence-corrected chi connectivity index (χ1v) is 9.78. The molecule has 0 aromatic carbocycles. The van der Waals surface area contributed by atoms with E-state index in [0.717, 1.165) is 0 Å². The van der Waals surface area contributed by atoms with Crippen LogP contribution in [0.5, 0.6) is 5.88 Å². The van der Waals surface area contributed by atoms with Gasteiger partial charge in [-0.2, -0.15) is 0 Å². The minimum absolute atomic E-state index is 0.0987. The van der Waals surface area contributed by atoms with E-state index in [0.29, 0.717) is 17.1 Å². The Morgan fingerprint density at radius 2 is 2.10 bits per heavy atom. The molecule has 1 saturated heterocycles. The summed E-state index contributed by atoms with van der Waals surface area (Å²) in [6.07, 6.45) is 2.75. The van der Waals surface area contributed by atoms with Crippen molar-refractivity contribution in [2.75, 3.05) is 20.7 Å². The van der Waals surface area contributed by atoms with Crippen LogP contribution in [0.2, 0.25) is 0 Å². The highest BCUT2D eigenvalue weighted by Gasteiger charge is 2.45. The third-order valence-corrected chi connectivity index (χ3v) is 5.18. The van der Waals surface area contributed by atoms with Gasteiger partial charge in [-0.25, -0.2) is 9.67 Å². The van der Waals surface area contributed by atoms with Crippen molar-refractivity contribution in [3.05, 3.63) is 24.5 Å². The van der Waals surface area contributed by atoms with Gasteiger partial charge in [0, 0.05) is 26.2 Å². The van der Waals surface area contributed by atoms with E-state index in [9.17, 15) is 14.7 Å². The Morgan fingerprint density at radius 3 is 2.73 bits per heavy atom. The quantitative estimate of drug-likeness (QED) is 0.733. The second-order valence-electron chi connectivity index (χ2n) is 8.42. The molecule has 10 nitrogen and oxygen atoms in total. The number of likely N-dealkylation sites (N-methyl/N-ethyl adjacent to an activating group) is 1. The second-order valence-corrected chi connectivity index (χ2v) is 8.42. The van der Waals surface area contributed by atoms with Gasteiger partial charge in [0.2, 0.25) is 17.7 Å². The average molecular weight is 416 g/mol. The zero-order valence-corrected chi connectivity index (χ0v) is 17.9. The lowest BCUT2D eigenvalue weighted by atomic mass is 9.85. The molecule has 3 heterocycles. The molecule has 0 spiro atoms. The number of amides is 2. The fraction of sp³-hybridized carbons (Fsp3) is 0.550. The molecule has 2 aromatic rings. The Morgan fingerprint density at radius 1 is 1.37 bits per heavy atom. The fourth-order valence-electron chi connectivity index (χ4n) is 3.78. The molecule has 10 heteroatoms. The van der Waals surface area contributed by atoms with E-state index >= 15 is 0 Å². The maximum absolute atomic E-state index is 13.5. The van der Waals surface area contributed by atoms with Gasteiger partial charge in [-0.05, 0) is 17.5 Å². The maximum Gasteiger partial charge on any atom is 0.248 e. The summed E-state index contributed by atoms with van der Waals surface area (Å²) >= 11 is 0. The van der Waals surface area contributed by atoms with Crippen LogP contribution in [-0.4, -0.2) is 74.6 Å². The number of pyridine rings is 1. The zero-order chi connectivity index (χ0) is 22.1. The van der Waals surface area contributed by atoms with E-state index < -0.39 is 23.6 Å². The molecule has 0 radical (unpaired) electrons. The Hall–Kier alpha value is -3.01. The topological polar surface area (TPSA) is 122 Å². The number of aliphatic hydroxyl groups is 1. The summed E-state index contributed by atoms with van der Waals surface area (Å²) in [6.45, 7) is 5.86. The Labute approximate surface area is 175 Å². The monoisotopic (exact) mass is 416 g/mol. The molecule has 2 unspecified atom stereocenters. The summed E-state index contributed by atoms with van der Waals surface area (Å²) in [4.78, 5) is 31.4. The zero-order valence-electron chi connectivity index (χ0n) is 17.9. The minimum atomic E-state index is -0.747. The van der Waals surface area contributed by atoms with Gasteiger partial charge < -0.3 is 20.1 Å². The number of nitrogens with zero attached hydrogens (tertiary/aromatic N) is 5. The lowest BCUT2D eigenvalue weighted by Crippen LogP contribution is -2.49. The van der Waals surface area contributed by atoms with Crippen LogP contribution in [-0.2, 0) is 9.59 Å². The van der Waals surface area contributed by atoms with E-state index in [1.807, 2.05) is 26.8 Å². The number of rotatable bonds is 5. The summed E-state index contributed by atoms with van der Waals surface area (Å²) in [5, 5.41) is 21.1. The molecule has 0 aliphatic carbocycles. The predicted octanol–water partition coefficient (Wildman–Crippen LogP) is 0.644. The molecule has 0 bridgehead atoms. The molecule has 3 atom stereocenters. The molecule has 1 aliphatic heterocycles. The number of nitrogens with one attached hydrogen (secondary N) is 1. The third kappa shape index (κ3) is 4.13. The summed E-state index contributed by atoms with van der Waals surface area (Å²) in [5.74, 6) is -0.181. The summed E-state index contributed by atoms with van der Waals surface area (Å²) in [6, 6.07) is 2.14. The molecule has 3 rings (SSSR count). The molecule has 30 heavy (non-hydrogen) atoms. The highest BCUT2D eigenvalue weighted by Crippen LogP contribution is 2.35. The lowest BCUT2D eigenvalue weighted by molar-refractivity contribution is -0.144. The van der Waals surface area contributed by atoms with Crippen molar-refractivity contribution in [2.24, 2.45) is 5.41 Å². The molecule has 162 valence electrons. The summed E-state index contributed by atoms with van der Waals surface area (Å²) in [7, 11) is 3.04. The van der Waals surface area contributed by atoms with Crippen molar-refractivity contribution in [3.63, 3.8) is 0 Å². The van der Waals surface area contributed by atoms with Crippen LogP contribution >= 0.6 is 0 Å². The van der Waals surface area contributed by atoms with E-state index in [1.165, 1.54) is 23.7 Å². The molecule has 2 N–H and O–H groups in total. The van der Waals surface area contributed by atoms with Crippen LogP contribution < -0.4 is 10.1 Å². The predicted molar refractivity (Wildman–Crippen MR) is 108 cm³/mol. The first-order chi connectivity index (χ1) is 14.2. The van der Waals surface area contributed by atoms with Gasteiger partial charge >= 0.3 is 0 Å². The van der Waals surface area contributed by atoms with Crippen molar-refractivity contribution in [1.82, 2.24) is 30.2 Å². The average Bonchev–Trinajstić information content (AvgIpc) is 3.33. The molecule has 1 aliphatic rings. The largest absolute Gasteiger partial charge is 0.481 e. The SMILES string of the molecule is CNC(=O)[C@H]1CC(O)CN1C(=O)C(n1cc(-c2cccnc2OC)nn1)C(C)(C)C. The summed E-state index contributed by atoms with van der Waals surface area (Å²) in [5.41, 5.74) is 0.652. The third-order valence-electron chi connectivity index (χ3n) is 5.18. The van der Waals surface area contributed by atoms with E-state index in [4.69, 9.17) is 4.74 Å². The van der Waals surface area contributed by atoms with Crippen LogP contribution in [0.3, 0.4) is 0 Å².